The minimum absolute atomic E-state index is 0.0117. The molecule has 0 aliphatic heterocycles. The molecule has 33 heavy (non-hydrogen) atoms. The van der Waals surface area contributed by atoms with Crippen LogP contribution in [0.2, 0.25) is 0 Å². The van der Waals surface area contributed by atoms with Crippen LogP contribution in [0.4, 0.5) is 10.7 Å². The van der Waals surface area contributed by atoms with Gasteiger partial charge in [0.25, 0.3) is 17.5 Å². The number of hydrogen-bond acceptors (Lipinski definition) is 7. The van der Waals surface area contributed by atoms with Crippen LogP contribution >= 0.6 is 23.6 Å². The number of primary amides is 1. The summed E-state index contributed by atoms with van der Waals surface area (Å²) < 4.78 is 5.31. The molecule has 0 unspecified atom stereocenters. The molecule has 0 fully saturated rings. The van der Waals surface area contributed by atoms with Gasteiger partial charge in [0.1, 0.15) is 10.8 Å². The molecule has 170 valence electrons. The van der Waals surface area contributed by atoms with E-state index in [2.05, 4.69) is 10.6 Å². The van der Waals surface area contributed by atoms with Crippen molar-refractivity contribution in [1.29, 1.82) is 0 Å². The van der Waals surface area contributed by atoms with E-state index in [1.807, 2.05) is 37.3 Å². The van der Waals surface area contributed by atoms with Crippen LogP contribution in [0.3, 0.4) is 0 Å². The fourth-order valence-corrected chi connectivity index (χ4v) is 4.53. The second kappa shape index (κ2) is 10.7. The monoisotopic (exact) mass is 484 g/mol. The van der Waals surface area contributed by atoms with E-state index < -0.39 is 16.7 Å². The highest BCUT2D eigenvalue weighted by atomic mass is 32.1. The summed E-state index contributed by atoms with van der Waals surface area (Å²) in [6.45, 7) is 1.46. The molecule has 0 saturated heterocycles. The van der Waals surface area contributed by atoms with Crippen LogP contribution in [0.25, 0.3) is 0 Å². The molecule has 0 aliphatic carbocycles. The smallest absolute Gasteiger partial charge is 0.269 e. The van der Waals surface area contributed by atoms with Crippen LogP contribution in [-0.2, 0) is 11.2 Å². The first-order valence-electron chi connectivity index (χ1n) is 9.68. The normalized spacial score (nSPS) is 10.3. The van der Waals surface area contributed by atoms with Crippen LogP contribution in [-0.4, -0.2) is 28.5 Å². The van der Waals surface area contributed by atoms with E-state index in [9.17, 15) is 19.7 Å². The molecular weight excluding hydrogens is 464 g/mol. The number of thiophene rings is 1. The minimum atomic E-state index is -0.596. The number of nitrogens with two attached hydrogens (primary N) is 1. The summed E-state index contributed by atoms with van der Waals surface area (Å²) in [7, 11) is 0. The first-order valence-corrected chi connectivity index (χ1v) is 10.9. The molecule has 4 N–H and O–H groups in total. The summed E-state index contributed by atoms with van der Waals surface area (Å²) in [5, 5.41) is 16.5. The van der Waals surface area contributed by atoms with Crippen LogP contribution in [0.1, 0.15) is 26.4 Å². The highest BCUT2D eigenvalue weighted by Gasteiger charge is 2.20. The molecule has 1 heterocycles. The lowest BCUT2D eigenvalue weighted by Crippen LogP contribution is -2.37. The average molecular weight is 485 g/mol. The number of nitrogens with zero attached hydrogens (tertiary/aromatic N) is 1. The molecule has 1 aromatic heterocycles. The van der Waals surface area contributed by atoms with Crippen molar-refractivity contribution in [3.05, 3.63) is 86.3 Å². The summed E-state index contributed by atoms with van der Waals surface area (Å²) in [6, 6.07) is 15.1. The Morgan fingerprint density at radius 1 is 1.15 bits per heavy atom. The number of nitro groups is 1. The molecule has 11 heteroatoms. The van der Waals surface area contributed by atoms with Gasteiger partial charge >= 0.3 is 0 Å². The molecule has 0 aliphatic rings. The molecule has 0 atom stereocenters. The quantitative estimate of drug-likeness (QED) is 0.253. The zero-order valence-corrected chi connectivity index (χ0v) is 19.1. The van der Waals surface area contributed by atoms with E-state index >= 15 is 0 Å². The molecule has 3 aromatic rings. The number of carbonyl (C=O) groups is 2. The highest BCUT2D eigenvalue weighted by Crippen LogP contribution is 2.34. The standard InChI is InChI=1S/C22H20N4O5S2/c1-13-17(11-14-5-3-2-4-6-14)33-21(19(13)20(23)28)25-22(32)24-18(27)12-31-16-9-7-15(8-10-16)26(29)30/h2-10H,11-12H2,1H3,(H2,23,28)(H2,24,25,27,32). The first-order chi connectivity index (χ1) is 15.7. The average Bonchev–Trinajstić information content (AvgIpc) is 3.07. The molecule has 2 aromatic carbocycles. The van der Waals surface area contributed by atoms with Crippen LogP contribution in [0, 0.1) is 17.0 Å². The fraction of sp³-hybridized carbons (Fsp3) is 0.136. The lowest BCUT2D eigenvalue weighted by Gasteiger charge is -2.10. The maximum Gasteiger partial charge on any atom is 0.269 e. The Kier molecular flexibility index (Phi) is 7.70. The van der Waals surface area contributed by atoms with Gasteiger partial charge < -0.3 is 15.8 Å². The highest BCUT2D eigenvalue weighted by molar-refractivity contribution is 7.80. The SMILES string of the molecule is Cc1c(Cc2ccccc2)sc(NC(=S)NC(=O)COc2ccc([N+](=O)[O-])cc2)c1C(N)=O. The van der Waals surface area contributed by atoms with Gasteiger partial charge in [-0.3, -0.25) is 25.0 Å². The van der Waals surface area contributed by atoms with Crippen LogP contribution in [0.15, 0.2) is 54.6 Å². The van der Waals surface area contributed by atoms with Gasteiger partial charge in [-0.15, -0.1) is 11.3 Å². The van der Waals surface area contributed by atoms with Crippen molar-refractivity contribution in [3.8, 4) is 5.75 Å². The van der Waals surface area contributed by atoms with Crippen LogP contribution < -0.4 is 21.1 Å². The van der Waals surface area contributed by atoms with Crippen molar-refractivity contribution in [3.63, 3.8) is 0 Å². The maximum atomic E-state index is 12.2. The second-order valence-corrected chi connectivity index (χ2v) is 8.44. The lowest BCUT2D eigenvalue weighted by atomic mass is 10.1. The Labute approximate surface area is 198 Å². The number of benzene rings is 2. The summed E-state index contributed by atoms with van der Waals surface area (Å²) in [6.07, 6.45) is 0.626. The number of rotatable bonds is 8. The van der Waals surface area contributed by atoms with E-state index in [1.165, 1.54) is 35.6 Å². The number of nitrogens with one attached hydrogen (secondary N) is 2. The summed E-state index contributed by atoms with van der Waals surface area (Å²) in [4.78, 5) is 35.3. The summed E-state index contributed by atoms with van der Waals surface area (Å²) >= 11 is 6.54. The Balaban J connectivity index is 1.61. The van der Waals surface area contributed by atoms with Gasteiger partial charge in [-0.1, -0.05) is 30.3 Å². The van der Waals surface area contributed by atoms with E-state index in [1.54, 1.807) is 0 Å². The Hall–Kier alpha value is -3.83. The van der Waals surface area contributed by atoms with Gasteiger partial charge in [-0.05, 0) is 42.4 Å². The van der Waals surface area contributed by atoms with E-state index in [4.69, 9.17) is 22.7 Å². The summed E-state index contributed by atoms with van der Waals surface area (Å²) in [5.74, 6) is -0.837. The Morgan fingerprint density at radius 2 is 1.82 bits per heavy atom. The molecule has 0 spiro atoms. The van der Waals surface area contributed by atoms with Crippen molar-refractivity contribution in [2.24, 2.45) is 5.73 Å². The number of nitro benzene ring substituents is 1. The molecule has 0 bridgehead atoms. The predicted octanol–water partition coefficient (Wildman–Crippen LogP) is 3.55. The van der Waals surface area contributed by atoms with Crippen molar-refractivity contribution in [1.82, 2.24) is 5.32 Å². The minimum Gasteiger partial charge on any atom is -0.484 e. The van der Waals surface area contributed by atoms with Crippen LogP contribution in [0.5, 0.6) is 5.75 Å². The number of hydrogen-bond donors (Lipinski definition) is 3. The molecular formula is C22H20N4O5S2. The third kappa shape index (κ3) is 6.34. The lowest BCUT2D eigenvalue weighted by molar-refractivity contribution is -0.384. The Bertz CT molecular complexity index is 1190. The van der Waals surface area contributed by atoms with Gasteiger partial charge in [0.15, 0.2) is 11.7 Å². The maximum absolute atomic E-state index is 12.2. The molecule has 2 amide bonds. The number of non-ortho nitro benzene ring substituents is 1. The van der Waals surface area contributed by atoms with E-state index in [-0.39, 0.29) is 17.4 Å². The number of carbonyl (C=O) groups excluding carboxylic acids is 2. The number of anilines is 1. The number of thiocarbonyl (C=S) groups is 1. The zero-order chi connectivity index (χ0) is 24.0. The van der Waals surface area contributed by atoms with E-state index in [0.717, 1.165) is 16.0 Å². The van der Waals surface area contributed by atoms with Crippen molar-refractivity contribution < 1.29 is 19.2 Å². The second-order valence-electron chi connectivity index (χ2n) is 6.92. The summed E-state index contributed by atoms with van der Waals surface area (Å²) in [5.41, 5.74) is 7.66. The van der Waals surface area contributed by atoms with Crippen molar-refractivity contribution >= 4 is 51.2 Å². The third-order valence-electron chi connectivity index (χ3n) is 4.60. The van der Waals surface area contributed by atoms with Crippen molar-refractivity contribution in [2.75, 3.05) is 11.9 Å². The fourth-order valence-electron chi connectivity index (χ4n) is 3.01. The van der Waals surface area contributed by atoms with E-state index in [0.29, 0.717) is 22.7 Å². The number of ether oxygens (including phenoxy) is 1. The number of amides is 2. The van der Waals surface area contributed by atoms with Gasteiger partial charge in [0, 0.05) is 23.4 Å². The van der Waals surface area contributed by atoms with Gasteiger partial charge in [0.2, 0.25) is 0 Å². The molecule has 9 nitrogen and oxygen atoms in total. The molecule has 0 saturated carbocycles. The van der Waals surface area contributed by atoms with Gasteiger partial charge in [0.05, 0.1) is 10.5 Å². The van der Waals surface area contributed by atoms with Crippen molar-refractivity contribution in [2.45, 2.75) is 13.3 Å². The zero-order valence-electron chi connectivity index (χ0n) is 17.5. The predicted molar refractivity (Wildman–Crippen MR) is 130 cm³/mol. The molecule has 0 radical (unpaired) electrons. The topological polar surface area (TPSA) is 137 Å². The Morgan fingerprint density at radius 3 is 2.42 bits per heavy atom. The van der Waals surface area contributed by atoms with Gasteiger partial charge in [-0.25, -0.2) is 0 Å². The molecule has 3 rings (SSSR count). The third-order valence-corrected chi connectivity index (χ3v) is 6.01. The first kappa shape index (κ1) is 23.8. The van der Waals surface area contributed by atoms with Gasteiger partial charge in [-0.2, -0.15) is 0 Å². The largest absolute Gasteiger partial charge is 0.484 e.